The Kier molecular flexibility index (Phi) is 56.9. The van der Waals surface area contributed by atoms with Gasteiger partial charge in [0.25, 0.3) is 7.82 Å². The molecule has 8 nitrogen and oxygen atoms in total. The maximum atomic E-state index is 13.0. The Hall–Kier alpha value is -1.54. The number of allylic oxidation sites excluding steroid dienone is 7. The van der Waals surface area contributed by atoms with Gasteiger partial charge in [0.1, 0.15) is 13.2 Å². The molecule has 0 rings (SSSR count). The molecule has 0 saturated carbocycles. The van der Waals surface area contributed by atoms with Crippen molar-refractivity contribution in [3.63, 3.8) is 0 Å². The van der Waals surface area contributed by atoms with E-state index in [1.807, 2.05) is 27.2 Å². The molecule has 3 atom stereocenters. The predicted octanol–water partition coefficient (Wildman–Crippen LogP) is 20.0. The second-order valence-electron chi connectivity index (χ2n) is 23.8. The number of quaternary nitrogens is 1. The average molecular weight is 1090 g/mol. The highest BCUT2D eigenvalue weighted by Crippen LogP contribution is 2.38. The molecule has 0 aliphatic carbocycles. The molecule has 0 spiro atoms. The van der Waals surface area contributed by atoms with Crippen molar-refractivity contribution in [1.29, 1.82) is 0 Å². The third-order valence-corrected chi connectivity index (χ3v) is 16.0. The molecule has 3 unspecified atom stereocenters. The Labute approximate surface area is 473 Å². The van der Waals surface area contributed by atoms with Crippen LogP contribution in [0.15, 0.2) is 48.6 Å². The summed E-state index contributed by atoms with van der Waals surface area (Å²) < 4.78 is 23.4. The molecule has 0 saturated heterocycles. The first-order valence-corrected chi connectivity index (χ1v) is 34.5. The molecule has 0 aliphatic heterocycles. The molecule has 0 fully saturated rings. The van der Waals surface area contributed by atoms with Crippen LogP contribution in [-0.2, 0) is 18.4 Å². The van der Waals surface area contributed by atoms with Gasteiger partial charge in [0.05, 0.1) is 39.9 Å². The summed E-state index contributed by atoms with van der Waals surface area (Å²) in [4.78, 5) is 25.6. The number of phosphoric ester groups is 1. The molecule has 1 amide bonds. The summed E-state index contributed by atoms with van der Waals surface area (Å²) in [6, 6.07) is -0.904. The summed E-state index contributed by atoms with van der Waals surface area (Å²) in [5.41, 5.74) is 0. The zero-order chi connectivity index (χ0) is 55.6. The van der Waals surface area contributed by atoms with Crippen molar-refractivity contribution in [3.8, 4) is 0 Å². The smallest absolute Gasteiger partial charge is 0.268 e. The SMILES string of the molecule is CCCCCCCCCCC/C=C\C/C=C\CCCCCCCCCCCCCCCCCCCC(=O)NC(COP(=O)([O-])OCC[N+](C)(C)C)C(O)/C=C/CC/C=C/CCCCCCCCCCCCCCCCC. The first-order valence-electron chi connectivity index (χ1n) is 33.0. The molecular formula is C67H129N2O6P. The van der Waals surface area contributed by atoms with E-state index in [1.54, 1.807) is 6.08 Å². The Morgan fingerprint density at radius 3 is 1.14 bits per heavy atom. The molecule has 0 aromatic heterocycles. The lowest BCUT2D eigenvalue weighted by Gasteiger charge is -2.29. The van der Waals surface area contributed by atoms with E-state index >= 15 is 0 Å². The zero-order valence-corrected chi connectivity index (χ0v) is 52.1. The second kappa shape index (κ2) is 58.1. The molecular weight excluding hydrogens is 960 g/mol. The van der Waals surface area contributed by atoms with Gasteiger partial charge in [0, 0.05) is 6.42 Å². The number of amides is 1. The fourth-order valence-corrected chi connectivity index (χ4v) is 10.6. The number of unbranched alkanes of at least 4 members (excludes halogenated alkanes) is 42. The molecule has 2 N–H and O–H groups in total. The van der Waals surface area contributed by atoms with Crippen LogP contribution in [0.5, 0.6) is 0 Å². The van der Waals surface area contributed by atoms with Crippen molar-refractivity contribution in [2.24, 2.45) is 0 Å². The van der Waals surface area contributed by atoms with Gasteiger partial charge in [-0.3, -0.25) is 9.36 Å². The molecule has 0 aromatic rings. The number of aliphatic hydroxyl groups excluding tert-OH is 1. The van der Waals surface area contributed by atoms with Crippen LogP contribution in [-0.4, -0.2) is 68.5 Å². The summed E-state index contributed by atoms with van der Waals surface area (Å²) in [7, 11) is 1.25. The Bertz CT molecular complexity index is 1380. The third-order valence-electron chi connectivity index (χ3n) is 15.0. The lowest BCUT2D eigenvalue weighted by Crippen LogP contribution is -2.45. The van der Waals surface area contributed by atoms with E-state index < -0.39 is 26.6 Å². The number of carbonyl (C=O) groups is 1. The van der Waals surface area contributed by atoms with Crippen LogP contribution in [0.2, 0.25) is 0 Å². The van der Waals surface area contributed by atoms with Crippen LogP contribution in [0, 0.1) is 0 Å². The highest BCUT2D eigenvalue weighted by atomic mass is 31.2. The highest BCUT2D eigenvalue weighted by Gasteiger charge is 2.23. The first-order chi connectivity index (χ1) is 37.0. The van der Waals surface area contributed by atoms with Gasteiger partial charge in [0.15, 0.2) is 0 Å². The van der Waals surface area contributed by atoms with Crippen molar-refractivity contribution >= 4 is 13.7 Å². The lowest BCUT2D eigenvalue weighted by atomic mass is 10.0. The van der Waals surface area contributed by atoms with Crippen LogP contribution >= 0.6 is 7.82 Å². The van der Waals surface area contributed by atoms with Crippen LogP contribution < -0.4 is 10.2 Å². The Morgan fingerprint density at radius 2 is 0.776 bits per heavy atom. The van der Waals surface area contributed by atoms with Gasteiger partial charge in [-0.25, -0.2) is 0 Å². The fraction of sp³-hybridized carbons (Fsp3) is 0.866. The lowest BCUT2D eigenvalue weighted by molar-refractivity contribution is -0.870. The molecule has 0 radical (unpaired) electrons. The molecule has 0 aliphatic rings. The molecule has 0 bridgehead atoms. The topological polar surface area (TPSA) is 108 Å². The number of carbonyl (C=O) groups excluding carboxylic acids is 1. The van der Waals surface area contributed by atoms with Crippen molar-refractivity contribution in [3.05, 3.63) is 48.6 Å². The molecule has 0 aromatic carbocycles. The summed E-state index contributed by atoms with van der Waals surface area (Å²) in [6.45, 7) is 4.67. The number of hydrogen-bond acceptors (Lipinski definition) is 6. The summed E-state index contributed by atoms with van der Waals surface area (Å²) in [6.07, 6.45) is 78.0. The second-order valence-corrected chi connectivity index (χ2v) is 25.2. The van der Waals surface area contributed by atoms with Crippen LogP contribution in [0.4, 0.5) is 0 Å². The monoisotopic (exact) mass is 1090 g/mol. The van der Waals surface area contributed by atoms with Crippen molar-refractivity contribution < 1.29 is 32.9 Å². The number of rotatable bonds is 61. The van der Waals surface area contributed by atoms with Gasteiger partial charge < -0.3 is 28.8 Å². The van der Waals surface area contributed by atoms with Crippen molar-refractivity contribution in [2.45, 2.75) is 334 Å². The van der Waals surface area contributed by atoms with Crippen LogP contribution in [0.1, 0.15) is 322 Å². The van der Waals surface area contributed by atoms with Gasteiger partial charge in [-0.05, 0) is 64.2 Å². The summed E-state index contributed by atoms with van der Waals surface area (Å²) in [5.74, 6) is -0.203. The highest BCUT2D eigenvalue weighted by molar-refractivity contribution is 7.45. The average Bonchev–Trinajstić information content (AvgIpc) is 3.38. The van der Waals surface area contributed by atoms with Crippen molar-refractivity contribution in [1.82, 2.24) is 5.32 Å². The first kappa shape index (κ1) is 74.5. The number of nitrogens with zero attached hydrogens (tertiary/aromatic N) is 1. The van der Waals surface area contributed by atoms with E-state index in [9.17, 15) is 19.4 Å². The van der Waals surface area contributed by atoms with Gasteiger partial charge in [-0.1, -0.05) is 300 Å². The van der Waals surface area contributed by atoms with E-state index in [2.05, 4.69) is 55.6 Å². The number of likely N-dealkylation sites (N-methyl/N-ethyl adjacent to an activating group) is 1. The normalized spacial score (nSPS) is 14.0. The Morgan fingerprint density at radius 1 is 0.461 bits per heavy atom. The fourth-order valence-electron chi connectivity index (χ4n) is 9.85. The quantitative estimate of drug-likeness (QED) is 0.0272. The van der Waals surface area contributed by atoms with Crippen LogP contribution in [0.25, 0.3) is 0 Å². The minimum atomic E-state index is -4.61. The van der Waals surface area contributed by atoms with Gasteiger partial charge in [0.2, 0.25) is 5.91 Å². The zero-order valence-electron chi connectivity index (χ0n) is 51.2. The molecule has 0 heterocycles. The molecule has 76 heavy (non-hydrogen) atoms. The number of nitrogens with one attached hydrogen (secondary N) is 1. The van der Waals surface area contributed by atoms with E-state index in [4.69, 9.17) is 9.05 Å². The predicted molar refractivity (Wildman–Crippen MR) is 330 cm³/mol. The maximum absolute atomic E-state index is 13.0. The minimum absolute atomic E-state index is 0.00577. The number of phosphoric acid groups is 1. The van der Waals surface area contributed by atoms with E-state index in [-0.39, 0.29) is 12.5 Å². The molecule has 448 valence electrons. The number of hydrogen-bond donors (Lipinski definition) is 2. The maximum Gasteiger partial charge on any atom is 0.268 e. The van der Waals surface area contributed by atoms with Gasteiger partial charge in [-0.15, -0.1) is 0 Å². The summed E-state index contributed by atoms with van der Waals surface area (Å²) in [5, 5.41) is 13.9. The Balaban J connectivity index is 4.08. The van der Waals surface area contributed by atoms with Gasteiger partial charge in [-0.2, -0.15) is 0 Å². The largest absolute Gasteiger partial charge is 0.756 e. The van der Waals surface area contributed by atoms with Crippen molar-refractivity contribution in [2.75, 3.05) is 40.9 Å². The van der Waals surface area contributed by atoms with E-state index in [1.165, 1.54) is 257 Å². The number of aliphatic hydroxyl groups is 1. The third kappa shape index (κ3) is 60.1. The van der Waals surface area contributed by atoms with Gasteiger partial charge >= 0.3 is 0 Å². The van der Waals surface area contributed by atoms with Crippen LogP contribution in [0.3, 0.4) is 0 Å². The minimum Gasteiger partial charge on any atom is -0.756 e. The summed E-state index contributed by atoms with van der Waals surface area (Å²) >= 11 is 0. The van der Waals surface area contributed by atoms with E-state index in [0.29, 0.717) is 17.4 Å². The standard InChI is InChI=1S/C67H129N2O6P/c1-6-8-10-12-14-16-18-20-22-24-26-28-29-30-31-32-33-34-35-36-37-38-39-41-43-45-47-49-51-53-55-57-59-61-67(71)68-65(64-75-76(72,73)74-63-62-69(3,4)5)66(70)60-58-56-54-52-50-48-46-44-42-40-27-25-23-21-19-17-15-13-11-9-7-2/h26,28,30-31,50,52,58,60,65-66,70H,6-25,27,29,32-49,51,53-57,59,61-64H2,1-5H3,(H-,68,71,72,73)/b28-26-,31-30-,52-50+,60-58+. The van der Waals surface area contributed by atoms with E-state index in [0.717, 1.165) is 44.9 Å². The molecule has 9 heteroatoms.